The van der Waals surface area contributed by atoms with Crippen molar-refractivity contribution < 1.29 is 18.4 Å². The number of nitrogens with zero attached hydrogens (tertiary/aromatic N) is 1. The van der Waals surface area contributed by atoms with E-state index in [1.54, 1.807) is 6.92 Å². The Balaban J connectivity index is 4.97. The van der Waals surface area contributed by atoms with Gasteiger partial charge in [-0.1, -0.05) is 78.3 Å². The van der Waals surface area contributed by atoms with Gasteiger partial charge in [-0.3, -0.25) is 9.59 Å². The molecule has 0 saturated heterocycles. The zero-order valence-corrected chi connectivity index (χ0v) is 26.1. The zero-order valence-electron chi connectivity index (χ0n) is 25.3. The maximum atomic E-state index is 13.8. The Kier molecular flexibility index (Phi) is 23.0. The number of allylic oxidation sites excluding steroid dienone is 9. The van der Waals surface area contributed by atoms with Crippen molar-refractivity contribution in [1.82, 2.24) is 16.0 Å². The number of alkyl halides is 1. The molecule has 0 aliphatic heterocycles. The van der Waals surface area contributed by atoms with Crippen LogP contribution in [0.1, 0.15) is 73.1 Å². The molecule has 0 rings (SSSR count). The largest absolute Gasteiger partial charge is 0.353 e. The van der Waals surface area contributed by atoms with E-state index in [2.05, 4.69) is 46.2 Å². The molecule has 0 spiro atoms. The lowest BCUT2D eigenvalue weighted by atomic mass is 10.0. The summed E-state index contributed by atoms with van der Waals surface area (Å²) in [5.41, 5.74) is 2.94. The number of amidine groups is 1. The minimum atomic E-state index is -0.885. The summed E-state index contributed by atoms with van der Waals surface area (Å²) >= 11 is 1.30. The number of carbonyl (C=O) groups is 2. The van der Waals surface area contributed by atoms with Gasteiger partial charge in [-0.2, -0.15) is 5.10 Å². The summed E-state index contributed by atoms with van der Waals surface area (Å²) in [5, 5.41) is 12.9. The zero-order chi connectivity index (χ0) is 30.9. The Morgan fingerprint density at radius 1 is 1.05 bits per heavy atom. The lowest BCUT2D eigenvalue weighted by molar-refractivity contribution is -0.126. The smallest absolute Gasteiger partial charge is 0.226 e. The van der Waals surface area contributed by atoms with Gasteiger partial charge in [-0.05, 0) is 65.7 Å². The van der Waals surface area contributed by atoms with E-state index in [4.69, 9.17) is 5.84 Å². The molecule has 0 aromatic heterocycles. The van der Waals surface area contributed by atoms with Crippen LogP contribution in [-0.4, -0.2) is 48.5 Å². The summed E-state index contributed by atoms with van der Waals surface area (Å²) in [6, 6.07) is -0.287. The lowest BCUT2D eigenvalue weighted by Crippen LogP contribution is -2.38. The highest BCUT2D eigenvalue weighted by molar-refractivity contribution is 8.14. The number of hydrazone groups is 1. The molecule has 0 bridgehead atoms. The van der Waals surface area contributed by atoms with Crippen LogP contribution in [-0.2, 0) is 9.59 Å². The van der Waals surface area contributed by atoms with E-state index in [0.29, 0.717) is 37.3 Å². The summed E-state index contributed by atoms with van der Waals surface area (Å²) < 4.78 is 26.2. The van der Waals surface area contributed by atoms with Crippen molar-refractivity contribution in [1.29, 1.82) is 0 Å². The maximum Gasteiger partial charge on any atom is 0.226 e. The molecule has 0 heterocycles. The maximum absolute atomic E-state index is 13.8. The number of hydrogen-bond donors (Lipinski definition) is 4. The molecule has 41 heavy (non-hydrogen) atoms. The first-order chi connectivity index (χ1) is 19.6. The third-order valence-electron chi connectivity index (χ3n) is 5.59. The Morgan fingerprint density at radius 3 is 2.41 bits per heavy atom. The third-order valence-corrected chi connectivity index (χ3v) is 6.67. The Hall–Kier alpha value is -2.98. The number of unbranched alkanes of at least 4 members (excludes halogenated alkanes) is 1. The van der Waals surface area contributed by atoms with Gasteiger partial charge >= 0.3 is 0 Å². The predicted molar refractivity (Wildman–Crippen MR) is 171 cm³/mol. The average molecular weight is 594 g/mol. The van der Waals surface area contributed by atoms with Crippen molar-refractivity contribution in [2.24, 2.45) is 10.9 Å². The molecule has 230 valence electrons. The van der Waals surface area contributed by atoms with Gasteiger partial charge in [-0.15, -0.1) is 0 Å². The van der Waals surface area contributed by atoms with Crippen LogP contribution in [0.25, 0.3) is 0 Å². The molecule has 5 N–H and O–H groups in total. The minimum absolute atomic E-state index is 0.0245. The SMILES string of the molecule is C/C=C\C=C(/C)CS/C(=N\N)NC(=O)CCC(=O)NC(CCNC/C(C)=C/C=C\CCC)C/C(C)=C/C(F)=C\CF. The fraction of sp³-hybridized carbons (Fsp3) is 0.516. The molecule has 0 radical (unpaired) electrons. The van der Waals surface area contributed by atoms with Crippen LogP contribution in [0.4, 0.5) is 8.78 Å². The summed E-state index contributed by atoms with van der Waals surface area (Å²) in [6.07, 6.45) is 17.3. The van der Waals surface area contributed by atoms with Gasteiger partial charge in [0.05, 0.1) is 0 Å². The topological polar surface area (TPSA) is 109 Å². The van der Waals surface area contributed by atoms with Gasteiger partial charge < -0.3 is 21.8 Å². The number of thioether (sulfide) groups is 1. The fourth-order valence-electron chi connectivity index (χ4n) is 3.46. The molecule has 0 saturated carbocycles. The van der Waals surface area contributed by atoms with Crippen LogP contribution in [0.3, 0.4) is 0 Å². The van der Waals surface area contributed by atoms with Crippen molar-refractivity contribution in [3.63, 3.8) is 0 Å². The highest BCUT2D eigenvalue weighted by atomic mass is 32.2. The molecule has 0 aromatic carbocycles. The summed E-state index contributed by atoms with van der Waals surface area (Å²) in [7, 11) is 0. The first kappa shape index (κ1) is 38.0. The van der Waals surface area contributed by atoms with E-state index in [-0.39, 0.29) is 35.9 Å². The van der Waals surface area contributed by atoms with E-state index in [9.17, 15) is 18.4 Å². The normalized spacial score (nSPS) is 14.7. The number of hydrogen-bond acceptors (Lipinski definition) is 6. The van der Waals surface area contributed by atoms with Gasteiger partial charge in [-0.25, -0.2) is 8.78 Å². The molecule has 1 unspecified atom stereocenters. The van der Waals surface area contributed by atoms with Gasteiger partial charge in [0.2, 0.25) is 11.8 Å². The second-order valence-corrected chi connectivity index (χ2v) is 10.7. The third kappa shape index (κ3) is 22.4. The van der Waals surface area contributed by atoms with Crippen LogP contribution in [0.2, 0.25) is 0 Å². The number of amides is 2. The summed E-state index contributed by atoms with van der Waals surface area (Å²) in [4.78, 5) is 25.1. The van der Waals surface area contributed by atoms with Crippen LogP contribution in [0.15, 0.2) is 76.3 Å². The van der Waals surface area contributed by atoms with Crippen LogP contribution < -0.4 is 21.8 Å². The molecule has 0 aliphatic rings. The van der Waals surface area contributed by atoms with Crippen LogP contribution in [0, 0.1) is 0 Å². The van der Waals surface area contributed by atoms with E-state index < -0.39 is 12.5 Å². The molecular weight excluding hydrogens is 544 g/mol. The predicted octanol–water partition coefficient (Wildman–Crippen LogP) is 6.29. The van der Waals surface area contributed by atoms with E-state index in [1.807, 2.05) is 39.0 Å². The van der Waals surface area contributed by atoms with Gasteiger partial charge in [0.1, 0.15) is 12.5 Å². The molecule has 7 nitrogen and oxygen atoms in total. The van der Waals surface area contributed by atoms with Gasteiger partial charge in [0, 0.05) is 31.2 Å². The monoisotopic (exact) mass is 593 g/mol. The van der Waals surface area contributed by atoms with Crippen molar-refractivity contribution in [2.75, 3.05) is 25.5 Å². The quantitative estimate of drug-likeness (QED) is 0.0351. The van der Waals surface area contributed by atoms with Gasteiger partial charge in [0.15, 0.2) is 5.17 Å². The Labute approximate surface area is 249 Å². The first-order valence-corrected chi connectivity index (χ1v) is 15.0. The van der Waals surface area contributed by atoms with Crippen molar-refractivity contribution >= 4 is 28.7 Å². The highest BCUT2D eigenvalue weighted by Gasteiger charge is 2.15. The molecule has 1 atom stereocenters. The molecule has 0 fully saturated rings. The van der Waals surface area contributed by atoms with Crippen molar-refractivity contribution in [3.8, 4) is 0 Å². The number of halogens is 2. The van der Waals surface area contributed by atoms with E-state index in [1.165, 1.54) is 23.4 Å². The molecular formula is C31H49F2N5O2S. The standard InChI is InChI=1S/C31H49F2N5O2S/c1-6-8-10-11-13-24(3)22-35-19-17-28(21-26(5)20-27(33)16-18-32)36-29(39)14-15-30(40)37-31(38-34)41-23-25(4)12-9-7-2/h7,9-13,16,20,28,35H,6,8,14-15,17-19,21-23,34H2,1-5H3,(H,36,39)(H,37,38,40)/b9-7-,11-10-,24-13+,25-12+,26-20+,27-16+. The van der Waals surface area contributed by atoms with Gasteiger partial charge in [0.25, 0.3) is 0 Å². The molecule has 10 heteroatoms. The average Bonchev–Trinajstić information content (AvgIpc) is 2.93. The second-order valence-electron chi connectivity index (χ2n) is 9.71. The lowest BCUT2D eigenvalue weighted by Gasteiger charge is -2.20. The number of rotatable bonds is 19. The number of nitrogens with one attached hydrogen (secondary N) is 3. The second kappa shape index (κ2) is 24.8. The number of carbonyl (C=O) groups excluding carboxylic acids is 2. The first-order valence-electron chi connectivity index (χ1n) is 14.0. The molecule has 0 aliphatic carbocycles. The Morgan fingerprint density at radius 2 is 1.76 bits per heavy atom. The fourth-order valence-corrected chi connectivity index (χ4v) is 4.18. The minimum Gasteiger partial charge on any atom is -0.353 e. The van der Waals surface area contributed by atoms with Crippen LogP contribution in [0.5, 0.6) is 0 Å². The highest BCUT2D eigenvalue weighted by Crippen LogP contribution is 2.13. The number of nitrogens with two attached hydrogens (primary N) is 1. The Bertz CT molecular complexity index is 1000. The van der Waals surface area contributed by atoms with E-state index >= 15 is 0 Å². The summed E-state index contributed by atoms with van der Waals surface area (Å²) in [6.45, 7) is 10.2. The van der Waals surface area contributed by atoms with E-state index in [0.717, 1.165) is 24.5 Å². The molecule has 0 aromatic rings. The van der Waals surface area contributed by atoms with Crippen LogP contribution >= 0.6 is 11.8 Å². The summed E-state index contributed by atoms with van der Waals surface area (Å²) in [5.74, 6) is 4.71. The van der Waals surface area contributed by atoms with Crippen molar-refractivity contribution in [2.45, 2.75) is 79.2 Å². The molecule has 2 amide bonds. The van der Waals surface area contributed by atoms with Crippen molar-refractivity contribution in [3.05, 3.63) is 71.2 Å².